The molecule has 0 atom stereocenters. The lowest BCUT2D eigenvalue weighted by Gasteiger charge is -2.02. The zero-order valence-electron chi connectivity index (χ0n) is 8.38. The van der Waals surface area contributed by atoms with Crippen molar-refractivity contribution in [2.75, 3.05) is 0 Å². The van der Waals surface area contributed by atoms with Crippen LogP contribution in [0.1, 0.15) is 10.4 Å². The van der Waals surface area contributed by atoms with Gasteiger partial charge in [0.2, 0.25) is 0 Å². The molecule has 0 spiro atoms. The molecule has 0 unspecified atom stereocenters. The molecule has 0 aliphatic rings. The van der Waals surface area contributed by atoms with Crippen LogP contribution in [-0.4, -0.2) is 20.7 Å². The second kappa shape index (κ2) is 4.46. The quantitative estimate of drug-likeness (QED) is 0.824. The van der Waals surface area contributed by atoms with Crippen molar-refractivity contribution in [2.45, 2.75) is 0 Å². The van der Waals surface area contributed by atoms with Crippen LogP contribution in [0, 0.1) is 0 Å². The number of aromatic amines is 1. The average Bonchev–Trinajstić information content (AvgIpc) is 2.35. The molecule has 0 saturated carbocycles. The fourth-order valence-corrected chi connectivity index (χ4v) is 1.54. The van der Waals surface area contributed by atoms with Crippen LogP contribution >= 0.6 is 15.9 Å². The van der Waals surface area contributed by atoms with Gasteiger partial charge < -0.3 is 0 Å². The van der Waals surface area contributed by atoms with E-state index in [1.807, 2.05) is 5.10 Å². The molecule has 0 fully saturated rings. The first-order valence-corrected chi connectivity index (χ1v) is 5.37. The predicted octanol–water partition coefficient (Wildman–Crippen LogP) is 0.383. The molecule has 0 bridgehead atoms. The van der Waals surface area contributed by atoms with Gasteiger partial charge in [-0.2, -0.15) is 9.67 Å². The number of carbonyl (C=O) groups excluding carboxylic acids is 1. The van der Waals surface area contributed by atoms with Crippen LogP contribution in [0.3, 0.4) is 0 Å². The van der Waals surface area contributed by atoms with Crippen LogP contribution in [-0.2, 0) is 0 Å². The fraction of sp³-hybridized carbons (Fsp3) is 0. The highest BCUT2D eigenvalue weighted by molar-refractivity contribution is 9.10. The first-order valence-electron chi connectivity index (χ1n) is 4.58. The molecule has 0 radical (unpaired) electrons. The van der Waals surface area contributed by atoms with Crippen molar-refractivity contribution in [3.05, 3.63) is 61.3 Å². The van der Waals surface area contributed by atoms with Gasteiger partial charge in [-0.25, -0.2) is 9.89 Å². The first kappa shape index (κ1) is 11.5. The van der Waals surface area contributed by atoms with Gasteiger partial charge >= 0.3 is 5.69 Å². The lowest BCUT2D eigenvalue weighted by Crippen LogP contribution is -2.41. The van der Waals surface area contributed by atoms with Gasteiger partial charge in [0.05, 0.1) is 0 Å². The van der Waals surface area contributed by atoms with E-state index in [4.69, 9.17) is 0 Å². The summed E-state index contributed by atoms with van der Waals surface area (Å²) in [7, 11) is 0. The number of aromatic nitrogens is 3. The SMILES string of the molecule is O=C(c1ccccc1)n1c(=O)[nH]nc(Br)c1=O. The highest BCUT2D eigenvalue weighted by atomic mass is 79.9. The van der Waals surface area contributed by atoms with Gasteiger partial charge in [0.25, 0.3) is 11.5 Å². The monoisotopic (exact) mass is 295 g/mol. The van der Waals surface area contributed by atoms with Crippen molar-refractivity contribution in [3.8, 4) is 0 Å². The summed E-state index contributed by atoms with van der Waals surface area (Å²) >= 11 is 2.85. The number of nitrogens with zero attached hydrogens (tertiary/aromatic N) is 2. The summed E-state index contributed by atoms with van der Waals surface area (Å²) < 4.78 is 0.369. The molecular weight excluding hydrogens is 290 g/mol. The molecule has 1 aromatic heterocycles. The zero-order chi connectivity index (χ0) is 12.4. The Labute approximate surface area is 103 Å². The third-order valence-corrected chi connectivity index (χ3v) is 2.57. The molecule has 0 aliphatic heterocycles. The third-order valence-electron chi connectivity index (χ3n) is 2.06. The van der Waals surface area contributed by atoms with E-state index in [1.54, 1.807) is 18.2 Å². The van der Waals surface area contributed by atoms with Gasteiger partial charge in [-0.1, -0.05) is 18.2 Å². The lowest BCUT2D eigenvalue weighted by molar-refractivity contribution is 0.0949. The number of hydrogen-bond acceptors (Lipinski definition) is 4. The van der Waals surface area contributed by atoms with E-state index in [-0.39, 0.29) is 10.2 Å². The molecule has 6 nitrogen and oxygen atoms in total. The summed E-state index contributed by atoms with van der Waals surface area (Å²) in [6.45, 7) is 0. The molecule has 2 aromatic rings. The predicted molar refractivity (Wildman–Crippen MR) is 63.0 cm³/mol. The summed E-state index contributed by atoms with van der Waals surface area (Å²) in [4.78, 5) is 35.0. The molecule has 2 rings (SSSR count). The van der Waals surface area contributed by atoms with Crippen molar-refractivity contribution in [2.24, 2.45) is 0 Å². The molecule has 7 heteroatoms. The van der Waals surface area contributed by atoms with Gasteiger partial charge in [0.1, 0.15) is 0 Å². The van der Waals surface area contributed by atoms with Crippen LogP contribution in [0.25, 0.3) is 0 Å². The van der Waals surface area contributed by atoms with E-state index in [1.165, 1.54) is 12.1 Å². The highest BCUT2D eigenvalue weighted by Gasteiger charge is 2.15. The molecule has 0 aliphatic carbocycles. The summed E-state index contributed by atoms with van der Waals surface area (Å²) in [5.74, 6) is -0.694. The molecular formula is C10H6BrN3O3. The van der Waals surface area contributed by atoms with E-state index in [0.717, 1.165) is 0 Å². The average molecular weight is 296 g/mol. The maximum absolute atomic E-state index is 11.9. The van der Waals surface area contributed by atoms with Crippen LogP contribution in [0.4, 0.5) is 0 Å². The first-order chi connectivity index (χ1) is 8.11. The van der Waals surface area contributed by atoms with Gasteiger partial charge in [-0.05, 0) is 28.1 Å². The van der Waals surface area contributed by atoms with Crippen molar-refractivity contribution < 1.29 is 4.79 Å². The Morgan fingerprint density at radius 3 is 2.53 bits per heavy atom. The minimum atomic E-state index is -0.868. The van der Waals surface area contributed by atoms with E-state index >= 15 is 0 Å². The number of benzene rings is 1. The Morgan fingerprint density at radius 2 is 1.88 bits per heavy atom. The summed E-state index contributed by atoms with van der Waals surface area (Å²) in [6, 6.07) is 8.04. The van der Waals surface area contributed by atoms with E-state index in [0.29, 0.717) is 4.57 Å². The lowest BCUT2D eigenvalue weighted by atomic mass is 10.2. The number of halogens is 1. The number of nitrogens with one attached hydrogen (secondary N) is 1. The Balaban J connectivity index is 2.64. The zero-order valence-corrected chi connectivity index (χ0v) is 9.97. The molecule has 1 heterocycles. The number of carbonyl (C=O) groups is 1. The van der Waals surface area contributed by atoms with Crippen molar-refractivity contribution in [1.82, 2.24) is 14.8 Å². The van der Waals surface area contributed by atoms with Crippen molar-refractivity contribution in [3.63, 3.8) is 0 Å². The summed E-state index contributed by atoms with van der Waals surface area (Å²) in [6.07, 6.45) is 0. The maximum atomic E-state index is 11.9. The summed E-state index contributed by atoms with van der Waals surface area (Å²) in [5.41, 5.74) is -1.41. The Hall–Kier alpha value is -2.02. The third kappa shape index (κ3) is 2.09. The van der Waals surface area contributed by atoms with Crippen LogP contribution in [0.15, 0.2) is 44.5 Å². The molecule has 0 saturated heterocycles. The number of hydrogen-bond donors (Lipinski definition) is 1. The second-order valence-corrected chi connectivity index (χ2v) is 3.88. The van der Waals surface area contributed by atoms with Gasteiger partial charge in [-0.3, -0.25) is 9.59 Å². The second-order valence-electron chi connectivity index (χ2n) is 3.13. The number of H-pyrrole nitrogens is 1. The van der Waals surface area contributed by atoms with Crippen molar-refractivity contribution >= 4 is 21.8 Å². The normalized spacial score (nSPS) is 10.2. The fourth-order valence-electron chi connectivity index (χ4n) is 1.27. The molecule has 86 valence electrons. The minimum absolute atomic E-state index is 0.124. The smallest absolute Gasteiger partial charge is 0.268 e. The standard InChI is InChI=1S/C10H6BrN3O3/c11-7-9(16)14(10(17)13-12-7)8(15)6-4-2-1-3-5-6/h1-5H,(H,13,17). The molecule has 1 aromatic carbocycles. The summed E-state index contributed by atoms with van der Waals surface area (Å²) in [5, 5.41) is 5.46. The van der Waals surface area contributed by atoms with Crippen LogP contribution < -0.4 is 11.2 Å². The van der Waals surface area contributed by atoms with E-state index < -0.39 is 17.2 Å². The Morgan fingerprint density at radius 1 is 1.24 bits per heavy atom. The van der Waals surface area contributed by atoms with Crippen LogP contribution in [0.5, 0.6) is 0 Å². The molecule has 1 N–H and O–H groups in total. The molecule has 0 amide bonds. The Bertz CT molecular complexity index is 675. The topological polar surface area (TPSA) is 84.8 Å². The van der Waals surface area contributed by atoms with Crippen LogP contribution in [0.2, 0.25) is 0 Å². The number of rotatable bonds is 1. The maximum Gasteiger partial charge on any atom is 0.352 e. The Kier molecular flexibility index (Phi) is 3.01. The van der Waals surface area contributed by atoms with Gasteiger partial charge in [-0.15, -0.1) is 0 Å². The van der Waals surface area contributed by atoms with Gasteiger partial charge in [0, 0.05) is 5.56 Å². The van der Waals surface area contributed by atoms with E-state index in [2.05, 4.69) is 21.0 Å². The highest BCUT2D eigenvalue weighted by Crippen LogP contribution is 2.00. The van der Waals surface area contributed by atoms with E-state index in [9.17, 15) is 14.4 Å². The van der Waals surface area contributed by atoms with Gasteiger partial charge in [0.15, 0.2) is 4.60 Å². The largest absolute Gasteiger partial charge is 0.352 e. The van der Waals surface area contributed by atoms with Crippen molar-refractivity contribution in [1.29, 1.82) is 0 Å². The molecule has 17 heavy (non-hydrogen) atoms. The minimum Gasteiger partial charge on any atom is -0.268 e.